The third kappa shape index (κ3) is 4.57. The summed E-state index contributed by atoms with van der Waals surface area (Å²) in [5.74, 6) is -0.248. The van der Waals surface area contributed by atoms with Crippen LogP contribution < -0.4 is 5.32 Å². The molecule has 2 aromatic carbocycles. The molecule has 4 rings (SSSR count). The van der Waals surface area contributed by atoms with Gasteiger partial charge in [0.1, 0.15) is 5.69 Å². The number of hydrazone groups is 1. The molecule has 31 heavy (non-hydrogen) atoms. The predicted molar refractivity (Wildman–Crippen MR) is 118 cm³/mol. The molecular weight excluding hydrogens is 416 g/mol. The third-order valence-electron chi connectivity index (χ3n) is 4.61. The lowest BCUT2D eigenvalue weighted by molar-refractivity contribution is -0.135. The Balaban J connectivity index is 1.51. The van der Waals surface area contributed by atoms with Crippen LogP contribution >= 0.6 is 11.6 Å². The molecule has 0 saturated heterocycles. The summed E-state index contributed by atoms with van der Waals surface area (Å²) in [4.78, 5) is 28.9. The first kappa shape index (κ1) is 20.6. The molecule has 0 aliphatic carbocycles. The fourth-order valence-corrected chi connectivity index (χ4v) is 3.30. The van der Waals surface area contributed by atoms with Crippen molar-refractivity contribution < 1.29 is 14.3 Å². The van der Waals surface area contributed by atoms with Crippen LogP contribution in [-0.2, 0) is 9.53 Å². The highest BCUT2D eigenvalue weighted by molar-refractivity contribution is 6.31. The Hall–Kier alpha value is -3.71. The van der Waals surface area contributed by atoms with E-state index in [1.165, 1.54) is 11.9 Å². The zero-order valence-electron chi connectivity index (χ0n) is 16.9. The summed E-state index contributed by atoms with van der Waals surface area (Å²) in [6.07, 6.45) is -0.715. The fourth-order valence-electron chi connectivity index (χ4n) is 3.11. The van der Waals surface area contributed by atoms with Crippen LogP contribution in [0.2, 0.25) is 5.02 Å². The van der Waals surface area contributed by atoms with E-state index in [0.717, 1.165) is 5.69 Å². The Morgan fingerprint density at radius 2 is 1.81 bits per heavy atom. The van der Waals surface area contributed by atoms with Crippen molar-refractivity contribution in [3.8, 4) is 0 Å². The van der Waals surface area contributed by atoms with E-state index in [4.69, 9.17) is 16.3 Å². The average molecular weight is 435 g/mol. The zero-order chi connectivity index (χ0) is 22.0. The molecule has 0 bridgehead atoms. The topological polar surface area (TPSA) is 83.9 Å². The van der Waals surface area contributed by atoms with Gasteiger partial charge in [0.05, 0.1) is 0 Å². The van der Waals surface area contributed by atoms with Crippen molar-refractivity contribution in [2.45, 2.75) is 20.1 Å². The van der Waals surface area contributed by atoms with Crippen molar-refractivity contribution >= 4 is 35.0 Å². The van der Waals surface area contributed by atoms with Gasteiger partial charge < -0.3 is 10.1 Å². The Morgan fingerprint density at radius 3 is 2.48 bits per heavy atom. The standard InChI is InChI=1S/C23H19ClN4O3/c1-14-5-3-8-20(25-14)22-27-28(15(2)29)23(31-22)16-9-11-19(12-10-16)26-21(30)17-6-4-7-18(24)13-17/h3-13,23H,1-2H3,(H,26,30). The van der Waals surface area contributed by atoms with Crippen LogP contribution in [0.3, 0.4) is 0 Å². The zero-order valence-corrected chi connectivity index (χ0v) is 17.6. The van der Waals surface area contributed by atoms with Crippen LogP contribution in [0.4, 0.5) is 5.69 Å². The number of aromatic nitrogens is 1. The minimum Gasteiger partial charge on any atom is -0.445 e. The molecule has 8 heteroatoms. The molecule has 2 heterocycles. The number of nitrogens with zero attached hydrogens (tertiary/aromatic N) is 3. The van der Waals surface area contributed by atoms with Crippen LogP contribution in [0, 0.1) is 6.92 Å². The molecule has 1 aliphatic rings. The van der Waals surface area contributed by atoms with Crippen molar-refractivity contribution in [1.29, 1.82) is 0 Å². The number of hydrogen-bond acceptors (Lipinski definition) is 5. The Labute approximate surface area is 184 Å². The number of ether oxygens (including phenoxy) is 1. The molecule has 7 nitrogen and oxygen atoms in total. The second-order valence-electron chi connectivity index (χ2n) is 6.99. The predicted octanol–water partition coefficient (Wildman–Crippen LogP) is 4.53. The summed E-state index contributed by atoms with van der Waals surface area (Å²) >= 11 is 5.95. The Kier molecular flexibility index (Phi) is 5.68. The van der Waals surface area contributed by atoms with Gasteiger partial charge in [-0.25, -0.2) is 4.98 Å². The minimum absolute atomic E-state index is 0.258. The number of rotatable bonds is 4. The molecule has 0 spiro atoms. The van der Waals surface area contributed by atoms with Gasteiger partial charge in [0, 0.05) is 34.5 Å². The lowest BCUT2D eigenvalue weighted by Crippen LogP contribution is -2.25. The van der Waals surface area contributed by atoms with E-state index in [1.54, 1.807) is 54.6 Å². The van der Waals surface area contributed by atoms with Gasteiger partial charge >= 0.3 is 0 Å². The lowest BCUT2D eigenvalue weighted by Gasteiger charge is -2.19. The molecule has 1 N–H and O–H groups in total. The number of benzene rings is 2. The maximum Gasteiger partial charge on any atom is 0.259 e. The van der Waals surface area contributed by atoms with Gasteiger partial charge in [-0.1, -0.05) is 35.9 Å². The van der Waals surface area contributed by atoms with Gasteiger partial charge in [-0.05, 0) is 49.4 Å². The third-order valence-corrected chi connectivity index (χ3v) is 4.85. The van der Waals surface area contributed by atoms with Crippen molar-refractivity contribution in [3.63, 3.8) is 0 Å². The summed E-state index contributed by atoms with van der Waals surface area (Å²) in [6.45, 7) is 3.29. The Bertz CT molecular complexity index is 1180. The number of amides is 2. The first-order chi connectivity index (χ1) is 14.9. The van der Waals surface area contributed by atoms with Crippen molar-refractivity contribution in [3.05, 3.63) is 94.3 Å². The summed E-state index contributed by atoms with van der Waals surface area (Å²) in [7, 11) is 0. The smallest absolute Gasteiger partial charge is 0.259 e. The van der Waals surface area contributed by atoms with Crippen molar-refractivity contribution in [2.24, 2.45) is 5.10 Å². The minimum atomic E-state index is -0.715. The highest BCUT2D eigenvalue weighted by Crippen LogP contribution is 2.30. The van der Waals surface area contributed by atoms with Gasteiger partial charge in [0.2, 0.25) is 12.1 Å². The van der Waals surface area contributed by atoms with Crippen LogP contribution in [0.25, 0.3) is 0 Å². The largest absolute Gasteiger partial charge is 0.445 e. The van der Waals surface area contributed by atoms with Crippen LogP contribution in [0.1, 0.15) is 40.5 Å². The van der Waals surface area contributed by atoms with Crippen LogP contribution in [0.15, 0.2) is 71.8 Å². The van der Waals surface area contributed by atoms with Gasteiger partial charge in [-0.2, -0.15) is 5.01 Å². The van der Waals surface area contributed by atoms with Crippen LogP contribution in [0.5, 0.6) is 0 Å². The number of halogens is 1. The lowest BCUT2D eigenvalue weighted by atomic mass is 10.1. The highest BCUT2D eigenvalue weighted by Gasteiger charge is 2.33. The summed E-state index contributed by atoms with van der Waals surface area (Å²) in [5, 5.41) is 8.90. The number of carbonyl (C=O) groups is 2. The van der Waals surface area contributed by atoms with E-state index in [9.17, 15) is 9.59 Å². The SMILES string of the molecule is CC(=O)N1N=C(c2cccc(C)n2)OC1c1ccc(NC(=O)c2cccc(Cl)c2)cc1. The molecule has 0 fully saturated rings. The second-order valence-corrected chi connectivity index (χ2v) is 7.43. The van der Waals surface area contributed by atoms with Gasteiger partial charge in [0.15, 0.2) is 0 Å². The monoisotopic (exact) mass is 434 g/mol. The van der Waals surface area contributed by atoms with E-state index in [0.29, 0.717) is 27.5 Å². The second kappa shape index (κ2) is 8.57. The van der Waals surface area contributed by atoms with E-state index < -0.39 is 6.23 Å². The maximum atomic E-state index is 12.4. The molecule has 1 aromatic heterocycles. The highest BCUT2D eigenvalue weighted by atomic mass is 35.5. The summed E-state index contributed by atoms with van der Waals surface area (Å²) < 4.78 is 5.96. The van der Waals surface area contributed by atoms with Gasteiger partial charge in [0.25, 0.3) is 11.8 Å². The first-order valence-corrected chi connectivity index (χ1v) is 9.94. The molecule has 156 valence electrons. The molecular formula is C23H19ClN4O3. The van der Waals surface area contributed by atoms with Crippen LogP contribution in [-0.4, -0.2) is 27.7 Å². The molecule has 2 amide bonds. The summed E-state index contributed by atoms with van der Waals surface area (Å²) in [5.41, 5.74) is 3.15. The number of pyridine rings is 1. The molecule has 0 radical (unpaired) electrons. The molecule has 0 saturated carbocycles. The van der Waals surface area contributed by atoms with E-state index in [2.05, 4.69) is 15.4 Å². The fraction of sp³-hybridized carbons (Fsp3) is 0.130. The van der Waals surface area contributed by atoms with Crippen molar-refractivity contribution in [1.82, 2.24) is 9.99 Å². The summed E-state index contributed by atoms with van der Waals surface area (Å²) in [6, 6.07) is 19.2. The van der Waals surface area contributed by atoms with E-state index in [-0.39, 0.29) is 17.7 Å². The number of anilines is 1. The molecule has 1 atom stereocenters. The number of hydrogen-bond donors (Lipinski definition) is 1. The number of aryl methyl sites for hydroxylation is 1. The Morgan fingerprint density at radius 1 is 1.06 bits per heavy atom. The molecule has 1 aliphatic heterocycles. The number of carbonyl (C=O) groups excluding carboxylic acids is 2. The van der Waals surface area contributed by atoms with Gasteiger partial charge in [-0.3, -0.25) is 9.59 Å². The quantitative estimate of drug-likeness (QED) is 0.653. The molecule has 3 aromatic rings. The van der Waals surface area contributed by atoms with Crippen molar-refractivity contribution in [2.75, 3.05) is 5.32 Å². The molecule has 1 unspecified atom stereocenters. The normalized spacial score (nSPS) is 15.3. The number of nitrogens with one attached hydrogen (secondary N) is 1. The maximum absolute atomic E-state index is 12.4. The van der Waals surface area contributed by atoms with E-state index in [1.807, 2.05) is 19.1 Å². The average Bonchev–Trinajstić information content (AvgIpc) is 3.20. The van der Waals surface area contributed by atoms with Gasteiger partial charge in [-0.15, -0.1) is 5.10 Å². The first-order valence-electron chi connectivity index (χ1n) is 9.57. The van der Waals surface area contributed by atoms with E-state index >= 15 is 0 Å².